The lowest BCUT2D eigenvalue weighted by Crippen LogP contribution is -2.52. The first-order valence-corrected chi connectivity index (χ1v) is 16.3. The van der Waals surface area contributed by atoms with Crippen molar-refractivity contribution in [3.8, 4) is 11.5 Å². The molecule has 0 unspecified atom stereocenters. The maximum atomic E-state index is 14.3. The average molecular weight is 665 g/mol. The van der Waals surface area contributed by atoms with Gasteiger partial charge in [0.15, 0.2) is 11.5 Å². The highest BCUT2D eigenvalue weighted by Gasteiger charge is 2.34. The van der Waals surface area contributed by atoms with Crippen LogP contribution in [0.1, 0.15) is 38.3 Å². The van der Waals surface area contributed by atoms with Crippen LogP contribution in [0.4, 0.5) is 5.69 Å². The van der Waals surface area contributed by atoms with Crippen LogP contribution in [0.2, 0.25) is 10.0 Å². The third kappa shape index (κ3) is 8.37. The first-order valence-electron chi connectivity index (χ1n) is 14.1. The van der Waals surface area contributed by atoms with Crippen molar-refractivity contribution in [2.45, 2.75) is 51.6 Å². The molecule has 3 aromatic carbocycles. The predicted octanol–water partition coefficient (Wildman–Crippen LogP) is 6.09. The summed E-state index contributed by atoms with van der Waals surface area (Å²) in [5.74, 6) is -0.223. The number of nitrogens with one attached hydrogen (secondary N) is 1. The fraction of sp³-hybridized carbons (Fsp3) is 0.375. The van der Waals surface area contributed by atoms with Crippen molar-refractivity contribution in [2.24, 2.45) is 5.92 Å². The predicted molar refractivity (Wildman–Crippen MR) is 174 cm³/mol. The Labute approximate surface area is 270 Å². The van der Waals surface area contributed by atoms with E-state index in [4.69, 9.17) is 32.7 Å². The van der Waals surface area contributed by atoms with Crippen molar-refractivity contribution in [1.29, 1.82) is 0 Å². The van der Waals surface area contributed by atoms with Crippen molar-refractivity contribution in [1.82, 2.24) is 10.2 Å². The summed E-state index contributed by atoms with van der Waals surface area (Å²) < 4.78 is 40.0. The Bertz CT molecular complexity index is 1540. The summed E-state index contributed by atoms with van der Waals surface area (Å²) in [7, 11) is -1.46. The number of aryl methyl sites for hydroxylation is 1. The lowest BCUT2D eigenvalue weighted by Gasteiger charge is -2.33. The Morgan fingerprint density at radius 3 is 2.09 bits per heavy atom. The normalized spacial score (nSPS) is 12.0. The second-order valence-electron chi connectivity index (χ2n) is 10.6. The molecular formula is C32H39Cl2N3O6S. The van der Waals surface area contributed by atoms with Crippen LogP contribution in [-0.2, 0) is 26.2 Å². The number of sulfonamides is 1. The first-order chi connectivity index (χ1) is 20.8. The van der Waals surface area contributed by atoms with E-state index in [0.29, 0.717) is 27.9 Å². The number of methoxy groups -OCH3 is 2. The SMILES string of the molecule is CC[C@@H](C(=O)NCC(C)C)N(Cc1c(Cl)cccc1Cl)C(=O)CN(c1ccc(C)cc1)S(=O)(=O)c1ccc(OC)c(OC)c1. The van der Waals surface area contributed by atoms with Gasteiger partial charge in [0.1, 0.15) is 12.6 Å². The number of carbonyl (C=O) groups is 2. The van der Waals surface area contributed by atoms with E-state index in [9.17, 15) is 18.0 Å². The van der Waals surface area contributed by atoms with Gasteiger partial charge in [-0.1, -0.05) is 67.7 Å². The summed E-state index contributed by atoms with van der Waals surface area (Å²) in [4.78, 5) is 28.9. The van der Waals surface area contributed by atoms with Crippen LogP contribution in [0.25, 0.3) is 0 Å². The van der Waals surface area contributed by atoms with Crippen LogP contribution < -0.4 is 19.1 Å². The number of benzene rings is 3. The van der Waals surface area contributed by atoms with Gasteiger partial charge in [-0.25, -0.2) is 8.42 Å². The molecular weight excluding hydrogens is 625 g/mol. The number of nitrogens with zero attached hydrogens (tertiary/aromatic N) is 2. The second-order valence-corrected chi connectivity index (χ2v) is 13.3. The molecule has 0 aliphatic rings. The van der Waals surface area contributed by atoms with Crippen molar-refractivity contribution < 1.29 is 27.5 Å². The third-order valence-electron chi connectivity index (χ3n) is 7.00. The van der Waals surface area contributed by atoms with Crippen LogP contribution in [0.3, 0.4) is 0 Å². The first kappa shape index (κ1) is 35.0. The van der Waals surface area contributed by atoms with Gasteiger partial charge >= 0.3 is 0 Å². The summed E-state index contributed by atoms with van der Waals surface area (Å²) >= 11 is 13.0. The van der Waals surface area contributed by atoms with Gasteiger partial charge in [0.05, 0.1) is 24.8 Å². The summed E-state index contributed by atoms with van der Waals surface area (Å²) in [6, 6.07) is 15.0. The van der Waals surface area contributed by atoms with Gasteiger partial charge in [-0.05, 0) is 55.7 Å². The van der Waals surface area contributed by atoms with Gasteiger partial charge in [-0.3, -0.25) is 13.9 Å². The lowest BCUT2D eigenvalue weighted by molar-refractivity contribution is -0.140. The molecule has 0 aliphatic carbocycles. The molecule has 9 nitrogen and oxygen atoms in total. The summed E-state index contributed by atoms with van der Waals surface area (Å²) in [6.45, 7) is 7.29. The molecule has 3 rings (SSSR count). The maximum absolute atomic E-state index is 14.3. The number of ether oxygens (including phenoxy) is 2. The summed E-state index contributed by atoms with van der Waals surface area (Å²) in [6.07, 6.45) is 0.269. The van der Waals surface area contributed by atoms with Gasteiger partial charge in [-0.2, -0.15) is 0 Å². The van der Waals surface area contributed by atoms with E-state index in [2.05, 4.69) is 5.32 Å². The van der Waals surface area contributed by atoms with Crippen molar-refractivity contribution in [2.75, 3.05) is 31.6 Å². The largest absolute Gasteiger partial charge is 0.493 e. The minimum atomic E-state index is -4.32. The fourth-order valence-corrected chi connectivity index (χ4v) is 6.49. The van der Waals surface area contributed by atoms with Crippen molar-refractivity contribution >= 4 is 50.7 Å². The number of halogens is 2. The van der Waals surface area contributed by atoms with E-state index in [1.165, 1.54) is 37.3 Å². The monoisotopic (exact) mass is 663 g/mol. The van der Waals surface area contributed by atoms with Crippen LogP contribution in [-0.4, -0.2) is 58.5 Å². The van der Waals surface area contributed by atoms with Crippen molar-refractivity contribution in [3.05, 3.63) is 81.8 Å². The van der Waals surface area contributed by atoms with Crippen LogP contribution in [0.15, 0.2) is 65.6 Å². The highest BCUT2D eigenvalue weighted by molar-refractivity contribution is 7.92. The number of hydrogen-bond donors (Lipinski definition) is 1. The molecule has 0 aromatic heterocycles. The average Bonchev–Trinajstić information content (AvgIpc) is 2.99. The van der Waals surface area contributed by atoms with E-state index in [1.54, 1.807) is 49.4 Å². The van der Waals surface area contributed by atoms with Crippen LogP contribution in [0.5, 0.6) is 11.5 Å². The molecule has 0 aliphatic heterocycles. The number of rotatable bonds is 14. The van der Waals surface area contributed by atoms with Gasteiger partial charge in [-0.15, -0.1) is 0 Å². The Balaban J connectivity index is 2.12. The standard InChI is InChI=1S/C32H39Cl2N3O6S/c1-7-28(32(39)35-18-21(2)3)36(19-25-26(33)9-8-10-27(25)34)31(38)20-37(23-13-11-22(4)12-14-23)44(40,41)24-15-16-29(42-5)30(17-24)43-6/h8-17,21,28H,7,18-20H2,1-6H3,(H,35,39)/t28-/m0/s1. The number of hydrogen-bond acceptors (Lipinski definition) is 6. The minimum Gasteiger partial charge on any atom is -0.493 e. The van der Waals surface area contributed by atoms with Crippen LogP contribution >= 0.6 is 23.2 Å². The summed E-state index contributed by atoms with van der Waals surface area (Å²) in [5.41, 5.74) is 1.63. The molecule has 1 N–H and O–H groups in total. The number of anilines is 1. The Morgan fingerprint density at radius 1 is 0.932 bits per heavy atom. The van der Waals surface area contributed by atoms with E-state index >= 15 is 0 Å². The topological polar surface area (TPSA) is 105 Å². The lowest BCUT2D eigenvalue weighted by atomic mass is 10.1. The molecule has 0 heterocycles. The van der Waals surface area contributed by atoms with Gasteiger partial charge in [0.25, 0.3) is 10.0 Å². The Hall–Kier alpha value is -3.47. The molecule has 0 spiro atoms. The zero-order chi connectivity index (χ0) is 32.6. The Morgan fingerprint density at radius 2 is 1.55 bits per heavy atom. The maximum Gasteiger partial charge on any atom is 0.264 e. The minimum absolute atomic E-state index is 0.106. The molecule has 0 saturated heterocycles. The van der Waals surface area contributed by atoms with E-state index in [-0.39, 0.29) is 41.1 Å². The highest BCUT2D eigenvalue weighted by atomic mass is 35.5. The molecule has 0 radical (unpaired) electrons. The molecule has 44 heavy (non-hydrogen) atoms. The molecule has 0 saturated carbocycles. The Kier molecular flexibility index (Phi) is 12.3. The van der Waals surface area contributed by atoms with E-state index in [0.717, 1.165) is 9.87 Å². The number of amides is 2. The smallest absolute Gasteiger partial charge is 0.264 e. The quantitative estimate of drug-likeness (QED) is 0.224. The molecule has 2 amide bonds. The zero-order valence-electron chi connectivity index (χ0n) is 25.8. The van der Waals surface area contributed by atoms with Crippen LogP contribution in [0, 0.1) is 12.8 Å². The van der Waals surface area contributed by atoms with E-state index in [1.807, 2.05) is 20.8 Å². The zero-order valence-corrected chi connectivity index (χ0v) is 28.1. The van der Waals surface area contributed by atoms with E-state index < -0.39 is 28.5 Å². The fourth-order valence-electron chi connectivity index (χ4n) is 4.54. The number of carbonyl (C=O) groups excluding carboxylic acids is 2. The summed E-state index contributed by atoms with van der Waals surface area (Å²) in [5, 5.41) is 3.54. The highest BCUT2D eigenvalue weighted by Crippen LogP contribution is 2.33. The molecule has 238 valence electrons. The second kappa shape index (κ2) is 15.5. The van der Waals surface area contributed by atoms with Gasteiger partial charge in [0, 0.05) is 34.8 Å². The third-order valence-corrected chi connectivity index (χ3v) is 9.48. The molecule has 12 heteroatoms. The van der Waals surface area contributed by atoms with Crippen molar-refractivity contribution in [3.63, 3.8) is 0 Å². The molecule has 0 bridgehead atoms. The molecule has 3 aromatic rings. The molecule has 0 fully saturated rings. The van der Waals surface area contributed by atoms with Gasteiger partial charge < -0.3 is 19.7 Å². The molecule has 1 atom stereocenters. The van der Waals surface area contributed by atoms with Gasteiger partial charge in [0.2, 0.25) is 11.8 Å².